The molecule has 0 heterocycles. The minimum atomic E-state index is -3.93. The van der Waals surface area contributed by atoms with Crippen LogP contribution in [-0.2, 0) is 10.0 Å². The van der Waals surface area contributed by atoms with E-state index in [1.54, 1.807) is 13.0 Å². The molecule has 104 valence electrons. The zero-order valence-corrected chi connectivity index (χ0v) is 11.3. The molecule has 0 radical (unpaired) electrons. The van der Waals surface area contributed by atoms with Crippen molar-refractivity contribution >= 4 is 10.0 Å². The summed E-state index contributed by atoms with van der Waals surface area (Å²) in [6, 6.07) is 5.08. The van der Waals surface area contributed by atoms with Gasteiger partial charge in [0.05, 0.1) is 0 Å². The Morgan fingerprint density at radius 3 is 2.68 bits per heavy atom. The summed E-state index contributed by atoms with van der Waals surface area (Å²) in [5.74, 6) is -0.859. The first-order valence-corrected chi connectivity index (χ1v) is 7.22. The van der Waals surface area contributed by atoms with Crippen LogP contribution in [0.2, 0.25) is 0 Å². The maximum Gasteiger partial charge on any atom is 0.244 e. The fraction of sp³-hybridized carbons (Fsp3) is 0.417. The summed E-state index contributed by atoms with van der Waals surface area (Å²) in [6.07, 6.45) is 0.282. The minimum absolute atomic E-state index is 0.122. The van der Waals surface area contributed by atoms with Crippen molar-refractivity contribution in [3.8, 4) is 6.07 Å². The third-order valence-electron chi connectivity index (χ3n) is 2.62. The van der Waals surface area contributed by atoms with Crippen molar-refractivity contribution in [3.05, 3.63) is 29.6 Å². The van der Waals surface area contributed by atoms with E-state index in [9.17, 15) is 12.8 Å². The van der Waals surface area contributed by atoms with Crippen molar-refractivity contribution in [1.82, 2.24) is 4.31 Å². The van der Waals surface area contributed by atoms with E-state index in [0.717, 1.165) is 10.4 Å². The van der Waals surface area contributed by atoms with Crippen LogP contribution in [0.1, 0.15) is 18.9 Å². The lowest BCUT2D eigenvalue weighted by molar-refractivity contribution is 0.271. The molecule has 0 fully saturated rings. The predicted molar refractivity (Wildman–Crippen MR) is 67.3 cm³/mol. The van der Waals surface area contributed by atoms with Crippen molar-refractivity contribution in [1.29, 1.82) is 5.26 Å². The minimum Gasteiger partial charge on any atom is -0.396 e. The fourth-order valence-corrected chi connectivity index (χ4v) is 3.30. The van der Waals surface area contributed by atoms with Crippen molar-refractivity contribution in [3.63, 3.8) is 0 Å². The number of benzene rings is 1. The highest BCUT2D eigenvalue weighted by molar-refractivity contribution is 7.89. The van der Waals surface area contributed by atoms with E-state index in [4.69, 9.17) is 10.4 Å². The fourth-order valence-electron chi connectivity index (χ4n) is 1.66. The molecule has 0 unspecified atom stereocenters. The van der Waals surface area contributed by atoms with Crippen LogP contribution in [-0.4, -0.2) is 37.5 Å². The molecule has 0 aliphatic carbocycles. The van der Waals surface area contributed by atoms with Crippen LogP contribution in [0.15, 0.2) is 23.1 Å². The van der Waals surface area contributed by atoms with Crippen LogP contribution in [0.4, 0.5) is 4.39 Å². The first-order valence-electron chi connectivity index (χ1n) is 5.78. The summed E-state index contributed by atoms with van der Waals surface area (Å²) in [6.45, 7) is 1.81. The monoisotopic (exact) mass is 286 g/mol. The lowest BCUT2D eigenvalue weighted by Gasteiger charge is -2.20. The van der Waals surface area contributed by atoms with Gasteiger partial charge in [0.15, 0.2) is 0 Å². The van der Waals surface area contributed by atoms with Gasteiger partial charge >= 0.3 is 0 Å². The van der Waals surface area contributed by atoms with Crippen LogP contribution in [0, 0.1) is 17.1 Å². The molecule has 0 saturated carbocycles. The molecule has 0 bridgehead atoms. The highest BCUT2D eigenvalue weighted by atomic mass is 32.2. The third kappa shape index (κ3) is 3.29. The topological polar surface area (TPSA) is 81.4 Å². The molecule has 1 aromatic rings. The number of sulfonamides is 1. The number of nitriles is 1. The number of aliphatic hydroxyl groups excluding tert-OH is 1. The Labute approximate surface area is 111 Å². The molecular weight excluding hydrogens is 271 g/mol. The summed E-state index contributed by atoms with van der Waals surface area (Å²) in [5.41, 5.74) is -0.482. The first kappa shape index (κ1) is 15.6. The summed E-state index contributed by atoms with van der Waals surface area (Å²) in [4.78, 5) is -0.338. The Hall–Kier alpha value is -1.49. The van der Waals surface area contributed by atoms with Gasteiger partial charge in [-0.3, -0.25) is 0 Å². The van der Waals surface area contributed by atoms with Gasteiger partial charge in [-0.1, -0.05) is 13.0 Å². The van der Waals surface area contributed by atoms with Gasteiger partial charge in [-0.25, -0.2) is 12.8 Å². The standard InChI is InChI=1S/C12H15FN2O3S/c1-2-15(7-4-8-16)19(17,18)12-6-3-5-11(13)10(12)9-14/h3,5-6,16H,2,4,7-8H2,1H3. The largest absolute Gasteiger partial charge is 0.396 e. The average molecular weight is 286 g/mol. The van der Waals surface area contributed by atoms with Gasteiger partial charge in [0.25, 0.3) is 0 Å². The van der Waals surface area contributed by atoms with Crippen molar-refractivity contribution < 1.29 is 17.9 Å². The van der Waals surface area contributed by atoms with Gasteiger partial charge in [-0.15, -0.1) is 0 Å². The summed E-state index contributed by atoms with van der Waals surface area (Å²) < 4.78 is 39.2. The van der Waals surface area contributed by atoms with Crippen LogP contribution in [0.3, 0.4) is 0 Å². The Morgan fingerprint density at radius 1 is 1.47 bits per heavy atom. The van der Waals surface area contributed by atoms with Crippen LogP contribution in [0.5, 0.6) is 0 Å². The van der Waals surface area contributed by atoms with Gasteiger partial charge < -0.3 is 5.11 Å². The second kappa shape index (κ2) is 6.61. The normalized spacial score (nSPS) is 11.5. The molecule has 0 aliphatic rings. The van der Waals surface area contributed by atoms with E-state index in [1.807, 2.05) is 0 Å². The number of nitrogens with zero attached hydrogens (tertiary/aromatic N) is 2. The zero-order chi connectivity index (χ0) is 14.5. The summed E-state index contributed by atoms with van der Waals surface area (Å²) in [5, 5.41) is 17.6. The molecule has 1 aromatic carbocycles. The van der Waals surface area contributed by atoms with Gasteiger partial charge in [0.2, 0.25) is 10.0 Å². The van der Waals surface area contributed by atoms with E-state index in [-0.39, 0.29) is 31.0 Å². The molecule has 0 aromatic heterocycles. The Bertz CT molecular complexity index is 581. The van der Waals surface area contributed by atoms with E-state index in [1.165, 1.54) is 12.1 Å². The Morgan fingerprint density at radius 2 is 2.16 bits per heavy atom. The highest BCUT2D eigenvalue weighted by Gasteiger charge is 2.27. The number of rotatable bonds is 6. The summed E-state index contributed by atoms with van der Waals surface area (Å²) in [7, 11) is -3.93. The highest BCUT2D eigenvalue weighted by Crippen LogP contribution is 2.22. The first-order chi connectivity index (χ1) is 8.98. The van der Waals surface area contributed by atoms with Crippen molar-refractivity contribution in [2.75, 3.05) is 19.7 Å². The van der Waals surface area contributed by atoms with Gasteiger partial charge in [-0.2, -0.15) is 9.57 Å². The molecule has 5 nitrogen and oxygen atoms in total. The smallest absolute Gasteiger partial charge is 0.244 e. The molecule has 0 saturated heterocycles. The lowest BCUT2D eigenvalue weighted by atomic mass is 10.2. The lowest BCUT2D eigenvalue weighted by Crippen LogP contribution is -2.33. The van der Waals surface area contributed by atoms with Crippen molar-refractivity contribution in [2.24, 2.45) is 0 Å². The number of hydrogen-bond donors (Lipinski definition) is 1. The second-order valence-electron chi connectivity index (χ2n) is 3.80. The molecule has 0 atom stereocenters. The molecular formula is C12H15FN2O3S. The number of halogens is 1. The maximum atomic E-state index is 13.5. The van der Waals surface area contributed by atoms with Gasteiger partial charge in [0.1, 0.15) is 22.3 Å². The molecule has 1 N–H and O–H groups in total. The van der Waals surface area contributed by atoms with E-state index in [0.29, 0.717) is 0 Å². The zero-order valence-electron chi connectivity index (χ0n) is 10.5. The van der Waals surface area contributed by atoms with Gasteiger partial charge in [-0.05, 0) is 18.6 Å². The maximum absolute atomic E-state index is 13.5. The van der Waals surface area contributed by atoms with E-state index >= 15 is 0 Å². The Kier molecular flexibility index (Phi) is 5.42. The molecule has 1 rings (SSSR count). The van der Waals surface area contributed by atoms with Crippen LogP contribution >= 0.6 is 0 Å². The number of aliphatic hydroxyl groups is 1. The third-order valence-corrected chi connectivity index (χ3v) is 4.64. The SMILES string of the molecule is CCN(CCCO)S(=O)(=O)c1cccc(F)c1C#N. The predicted octanol–water partition coefficient (Wildman–Crippen LogP) is 1.09. The average Bonchev–Trinajstić information content (AvgIpc) is 2.39. The molecule has 19 heavy (non-hydrogen) atoms. The van der Waals surface area contributed by atoms with E-state index in [2.05, 4.69) is 0 Å². The molecule has 0 spiro atoms. The number of hydrogen-bond acceptors (Lipinski definition) is 4. The molecule has 7 heteroatoms. The van der Waals surface area contributed by atoms with Crippen LogP contribution < -0.4 is 0 Å². The Balaban J connectivity index is 3.27. The van der Waals surface area contributed by atoms with Crippen molar-refractivity contribution in [2.45, 2.75) is 18.2 Å². The van der Waals surface area contributed by atoms with Crippen LogP contribution in [0.25, 0.3) is 0 Å². The van der Waals surface area contributed by atoms with E-state index < -0.39 is 21.4 Å². The molecule has 0 aliphatic heterocycles. The second-order valence-corrected chi connectivity index (χ2v) is 5.70. The molecule has 0 amide bonds. The summed E-state index contributed by atoms with van der Waals surface area (Å²) >= 11 is 0. The quantitative estimate of drug-likeness (QED) is 0.848. The van der Waals surface area contributed by atoms with Gasteiger partial charge in [0, 0.05) is 19.7 Å².